The molecule has 360 valence electrons. The molecule has 6 rings (SSSR count). The molecule has 0 spiro atoms. The first kappa shape index (κ1) is 53.8. The van der Waals surface area contributed by atoms with E-state index in [1.807, 2.05) is 45.1 Å². The van der Waals surface area contributed by atoms with Crippen LogP contribution in [0.15, 0.2) is 34.4 Å². The number of Topliss-reactive ketones (excluding diaryl/α,β-unsaturated/α-hetero) is 2. The van der Waals surface area contributed by atoms with Crippen molar-refractivity contribution in [2.45, 2.75) is 146 Å². The number of rotatable bonds is 21. The minimum absolute atomic E-state index is 0. The second-order valence-electron chi connectivity index (χ2n) is 20.2. The molecule has 5 heterocycles. The summed E-state index contributed by atoms with van der Waals surface area (Å²) in [7, 11) is 1.27. The van der Waals surface area contributed by atoms with Crippen molar-refractivity contribution in [2.75, 3.05) is 20.3 Å². The average molecular weight is 928 g/mol. The molecule has 1 aliphatic carbocycles. The Kier molecular flexibility index (Phi) is 19.2. The Balaban J connectivity index is 0.00000840. The van der Waals surface area contributed by atoms with Crippen molar-refractivity contribution >= 4 is 70.4 Å². The molecule has 0 aromatic carbocycles. The summed E-state index contributed by atoms with van der Waals surface area (Å²) in [6.45, 7) is 20.8. The number of ether oxygens (including phenoxy) is 2. The number of aliphatic hydroxyl groups is 1. The van der Waals surface area contributed by atoms with Gasteiger partial charge in [0.05, 0.1) is 7.11 Å². The summed E-state index contributed by atoms with van der Waals surface area (Å²) in [4.78, 5) is 64.7. The molecule has 4 aliphatic rings. The normalized spacial score (nSPS) is 25.3. The first-order chi connectivity index (χ1) is 31.5. The summed E-state index contributed by atoms with van der Waals surface area (Å²) < 4.78 is 11.0. The molecule has 2 aromatic heterocycles. The van der Waals surface area contributed by atoms with Gasteiger partial charge >= 0.3 is 35.0 Å². The Hall–Kier alpha value is -4.13. The van der Waals surface area contributed by atoms with E-state index in [2.05, 4.69) is 48.5 Å². The van der Waals surface area contributed by atoms with E-state index in [0.29, 0.717) is 74.3 Å². The Morgan fingerprint density at radius 2 is 1.39 bits per heavy atom. The van der Waals surface area contributed by atoms with Crippen molar-refractivity contribution < 1.29 is 33.8 Å². The van der Waals surface area contributed by atoms with Gasteiger partial charge in [-0.05, 0) is 87.5 Å². The summed E-state index contributed by atoms with van der Waals surface area (Å²) in [5.74, 6) is -1.54. The molecule has 2 fully saturated rings. The number of nitrogens with zero attached hydrogens (tertiary/aromatic N) is 4. The Labute approximate surface area is 416 Å². The van der Waals surface area contributed by atoms with Crippen LogP contribution in [-0.4, -0.2) is 72.0 Å². The number of aromatic nitrogens is 2. The maximum absolute atomic E-state index is 14.4. The second kappa shape index (κ2) is 23.9. The predicted molar refractivity (Wildman–Crippen MR) is 268 cm³/mol. The number of hydrogen-bond acceptors (Lipinski definition) is 7. The van der Waals surface area contributed by atoms with Gasteiger partial charge in [0.1, 0.15) is 19.1 Å². The van der Waals surface area contributed by atoms with E-state index >= 15 is 0 Å². The zero-order valence-corrected chi connectivity index (χ0v) is 43.6. The Bertz CT molecular complexity index is 2310. The van der Waals surface area contributed by atoms with Gasteiger partial charge in [-0.15, -0.1) is 22.8 Å². The van der Waals surface area contributed by atoms with Crippen molar-refractivity contribution in [3.8, 4) is 0 Å². The van der Waals surface area contributed by atoms with E-state index in [9.17, 15) is 24.3 Å². The number of carbonyl (C=O) groups excluding carboxylic acids is 4. The first-order valence-corrected chi connectivity index (χ1v) is 24.7. The van der Waals surface area contributed by atoms with Gasteiger partial charge in [0.15, 0.2) is 11.6 Å². The van der Waals surface area contributed by atoms with Gasteiger partial charge < -0.3 is 35.2 Å². The minimum Gasteiger partial charge on any atom is -0.664 e. The monoisotopic (exact) mass is 927 g/mol. The van der Waals surface area contributed by atoms with E-state index in [1.165, 1.54) is 57.6 Å². The van der Waals surface area contributed by atoms with Crippen LogP contribution in [-0.2, 0) is 19.1 Å². The van der Waals surface area contributed by atoms with Gasteiger partial charge in [0.2, 0.25) is 0 Å². The number of carbonyl (C=O) groups is 4. The molecule has 0 radical (unpaired) electrons. The van der Waals surface area contributed by atoms with E-state index in [-0.39, 0.29) is 59.8 Å². The molecule has 11 nitrogen and oxygen atoms in total. The smallest absolute Gasteiger partial charge is 0.664 e. The number of hydrogen-bond donors (Lipinski definition) is 1. The van der Waals surface area contributed by atoms with Crippen LogP contribution in [0, 0.1) is 61.2 Å². The summed E-state index contributed by atoms with van der Waals surface area (Å²) in [6, 6.07) is 0. The topological polar surface area (TPSA) is 163 Å². The fourth-order valence-electron chi connectivity index (χ4n) is 10.6. The van der Waals surface area contributed by atoms with E-state index in [4.69, 9.17) is 30.1 Å². The molecule has 12 heteroatoms. The van der Waals surface area contributed by atoms with Crippen LogP contribution in [0.2, 0.25) is 0 Å². The number of fused-ring (bicyclic) bond motifs is 7. The standard InChI is InChI=1S/C55H76N4O7.Mg/c1-12-38-34(7)40-28-45-48(46(61)29-60)36(9)42(57-45)26-41-35(8)39(52(58-41)50-51(55(64)65-11)54(63)49-37(10)43(59-53(49)50)27-44(38)56-40)22-23-47(62)66-25-24-33(6)21-15-20-32(5)19-14-18-31(4)17-13-16-30(2)3;/h24,26-28,30-32,34-35,38-39,51,60H,12-23,25,29H2,1-11H3,(H2-2,56,57,58,59,61,63);/q-2;+2/p-2/b33-24+,41-26-,44-27-;/t31-,32-,34-,35+,38-,39+,51-;/m1./s1. The number of esters is 2. The number of aliphatic hydroxyl groups excluding tert-OH is 1. The maximum atomic E-state index is 14.4. The van der Waals surface area contributed by atoms with E-state index in [1.54, 1.807) is 0 Å². The Morgan fingerprint density at radius 3 is 2.03 bits per heavy atom. The third-order valence-electron chi connectivity index (χ3n) is 14.8. The van der Waals surface area contributed by atoms with Crippen LogP contribution in [0.3, 0.4) is 0 Å². The van der Waals surface area contributed by atoms with Crippen molar-refractivity contribution in [2.24, 2.45) is 47.3 Å². The summed E-state index contributed by atoms with van der Waals surface area (Å²) in [5.41, 5.74) is 8.14. The van der Waals surface area contributed by atoms with Crippen LogP contribution in [0.4, 0.5) is 0 Å². The maximum Gasteiger partial charge on any atom is 2.00 e. The van der Waals surface area contributed by atoms with E-state index in [0.717, 1.165) is 42.5 Å². The van der Waals surface area contributed by atoms with Crippen LogP contribution in [0.1, 0.15) is 187 Å². The molecule has 3 aliphatic heterocycles. The third-order valence-corrected chi connectivity index (χ3v) is 14.8. The zero-order chi connectivity index (χ0) is 48.0. The summed E-state index contributed by atoms with van der Waals surface area (Å²) in [6.07, 6.45) is 19.9. The first-order valence-electron chi connectivity index (χ1n) is 24.7. The number of methoxy groups -OCH3 is 1. The van der Waals surface area contributed by atoms with Gasteiger partial charge in [-0.2, -0.15) is 22.8 Å². The van der Waals surface area contributed by atoms with Gasteiger partial charge in [-0.1, -0.05) is 140 Å². The van der Waals surface area contributed by atoms with Crippen LogP contribution < -0.4 is 9.97 Å². The molecular formula is C55H74MgN4O7-2. The van der Waals surface area contributed by atoms with Crippen LogP contribution in [0.25, 0.3) is 34.4 Å². The summed E-state index contributed by atoms with van der Waals surface area (Å²) >= 11 is 0. The minimum atomic E-state index is -1.27. The van der Waals surface area contributed by atoms with Gasteiger partial charge in [-0.25, -0.2) is 0 Å². The quantitative estimate of drug-likeness (QED) is 0.0422. The Morgan fingerprint density at radius 1 is 0.791 bits per heavy atom. The predicted octanol–water partition coefficient (Wildman–Crippen LogP) is 11.8. The second-order valence-corrected chi connectivity index (χ2v) is 20.2. The van der Waals surface area contributed by atoms with Crippen LogP contribution in [0.5, 0.6) is 0 Å². The SMILES string of the molecule is CC[C@H]1/C2=C/c3[n-]c4c(c3C)C(=O)[C@H](C(=O)OC)/C4=C3/[N-]/C(=C\c4[n-]c(c(C(=O)CO)c4C)/C=C(\[N-]2)[C@@H]1C)[C@@H](C)[C@@H]3CCC(=O)OC/C=C(\C)CCC[C@H](C)CCC[C@H](C)CCCC(C)C.[Mg+2]. The molecule has 2 aromatic rings. The number of ketones is 2. The number of allylic oxidation sites excluding steroid dienone is 5. The van der Waals surface area contributed by atoms with Crippen LogP contribution >= 0.6 is 0 Å². The zero-order valence-electron chi connectivity index (χ0n) is 42.2. The molecular weight excluding hydrogens is 853 g/mol. The molecule has 0 unspecified atom stereocenters. The third kappa shape index (κ3) is 12.2. The molecule has 67 heavy (non-hydrogen) atoms. The fourth-order valence-corrected chi connectivity index (χ4v) is 10.6. The molecule has 8 bridgehead atoms. The van der Waals surface area contributed by atoms with E-state index < -0.39 is 36.0 Å². The largest absolute Gasteiger partial charge is 2.00 e. The molecule has 2 saturated heterocycles. The van der Waals surface area contributed by atoms with Crippen molar-refractivity contribution in [3.05, 3.63) is 90.1 Å². The van der Waals surface area contributed by atoms with Crippen molar-refractivity contribution in [1.29, 1.82) is 0 Å². The molecule has 0 saturated carbocycles. The van der Waals surface area contributed by atoms with Gasteiger partial charge in [-0.3, -0.25) is 19.2 Å². The average Bonchev–Trinajstić information content (AvgIpc) is 4.02. The van der Waals surface area contributed by atoms with Gasteiger partial charge in [0, 0.05) is 17.5 Å². The molecule has 1 N–H and O–H groups in total. The van der Waals surface area contributed by atoms with Crippen molar-refractivity contribution in [3.63, 3.8) is 0 Å². The summed E-state index contributed by atoms with van der Waals surface area (Å²) in [5, 5.41) is 20.3. The fraction of sp³-hybridized carbons (Fsp3) is 0.600. The van der Waals surface area contributed by atoms with Crippen molar-refractivity contribution in [1.82, 2.24) is 9.97 Å². The molecule has 0 amide bonds. The molecule has 7 atom stereocenters. The van der Waals surface area contributed by atoms with Gasteiger partial charge in [0.25, 0.3) is 0 Å².